The number of carboxylic acids is 1. The fraction of sp³-hybridized carbons (Fsp3) is 0.889. The Balaban J connectivity index is 2.44. The van der Waals surface area contributed by atoms with Gasteiger partial charge in [-0.2, -0.15) is 0 Å². The molecule has 2 aliphatic heterocycles. The zero-order valence-corrected chi connectivity index (χ0v) is 17.9. The molecule has 0 spiro atoms. The van der Waals surface area contributed by atoms with E-state index in [0.29, 0.717) is 0 Å². The molecule has 9 N–H and O–H groups in total. The first-order chi connectivity index (χ1) is 15.4. The van der Waals surface area contributed by atoms with Crippen molar-refractivity contribution in [3.8, 4) is 0 Å². The Bertz CT molecular complexity index is 665. The number of hydrogen-bond donors (Lipinski definition) is 9. The zero-order valence-electron chi connectivity index (χ0n) is 17.9. The van der Waals surface area contributed by atoms with Gasteiger partial charge in [0.1, 0.15) is 42.7 Å². The SMILES string of the molecule is CO[C@@H]1O[C@H](CO)[C@H](O)[C@H](O[C@@]2(C(=O)O)C[C@H](O)[C@@H](NC(C)=O)[C@H]([C@H](O)[C@H](O)CO)O2)[C@H]1O. The molecule has 1 amide bonds. The van der Waals surface area contributed by atoms with Crippen LogP contribution in [0.4, 0.5) is 0 Å². The second kappa shape index (κ2) is 11.3. The van der Waals surface area contributed by atoms with E-state index in [0.717, 1.165) is 14.0 Å². The predicted molar refractivity (Wildman–Crippen MR) is 102 cm³/mol. The van der Waals surface area contributed by atoms with Gasteiger partial charge in [-0.1, -0.05) is 0 Å². The summed E-state index contributed by atoms with van der Waals surface area (Å²) in [5.41, 5.74) is 0. The molecule has 2 saturated heterocycles. The van der Waals surface area contributed by atoms with E-state index >= 15 is 0 Å². The molecule has 15 nitrogen and oxygen atoms in total. The maximum absolute atomic E-state index is 12.2. The number of ether oxygens (including phenoxy) is 4. The van der Waals surface area contributed by atoms with Crippen LogP contribution in [0.5, 0.6) is 0 Å². The van der Waals surface area contributed by atoms with Crippen LogP contribution >= 0.6 is 0 Å². The van der Waals surface area contributed by atoms with Gasteiger partial charge in [0.2, 0.25) is 5.91 Å². The van der Waals surface area contributed by atoms with Gasteiger partial charge < -0.3 is 65.1 Å². The number of methoxy groups -OCH3 is 1. The molecule has 0 aromatic carbocycles. The zero-order chi connectivity index (χ0) is 25.1. The van der Waals surface area contributed by atoms with Crippen molar-refractivity contribution in [2.45, 2.75) is 80.3 Å². The van der Waals surface area contributed by atoms with Crippen LogP contribution < -0.4 is 5.32 Å². The molecule has 0 aromatic heterocycles. The average molecular weight is 485 g/mol. The van der Waals surface area contributed by atoms with Gasteiger partial charge in [0.15, 0.2) is 6.29 Å². The monoisotopic (exact) mass is 485 g/mol. The lowest BCUT2D eigenvalue weighted by Crippen LogP contribution is -2.70. The summed E-state index contributed by atoms with van der Waals surface area (Å²) in [5.74, 6) is -5.32. The van der Waals surface area contributed by atoms with Crippen LogP contribution in [0.1, 0.15) is 13.3 Å². The first kappa shape index (κ1) is 27.7. The molecule has 2 heterocycles. The molecule has 11 atom stereocenters. The molecule has 15 heteroatoms. The van der Waals surface area contributed by atoms with Crippen LogP contribution in [0.15, 0.2) is 0 Å². The molecule has 0 bridgehead atoms. The highest BCUT2D eigenvalue weighted by atomic mass is 16.8. The quantitative estimate of drug-likeness (QED) is 0.148. The van der Waals surface area contributed by atoms with Crippen molar-refractivity contribution >= 4 is 11.9 Å². The largest absolute Gasteiger partial charge is 0.477 e. The van der Waals surface area contributed by atoms with Crippen LogP contribution in [0.2, 0.25) is 0 Å². The van der Waals surface area contributed by atoms with E-state index < -0.39 is 98.5 Å². The standard InChI is InChI=1S/C18H31NO14/c1-6(22)19-10-7(23)3-18(17(28)29,32-14(10)11(25)8(24)4-20)33-15-12(26)9(5-21)31-16(30-2)13(15)27/h7-16,20-21,23-27H,3-5H2,1-2H3,(H,19,22)(H,28,29)/t7-,8+,9+,10+,11+,12-,13+,14+,15-,16+,18+/m0/s1. The normalized spacial score (nSPS) is 41.2. The number of carbonyl (C=O) groups is 2. The van der Waals surface area contributed by atoms with Gasteiger partial charge >= 0.3 is 5.97 Å². The van der Waals surface area contributed by atoms with Crippen molar-refractivity contribution in [2.24, 2.45) is 0 Å². The average Bonchev–Trinajstić information content (AvgIpc) is 2.77. The molecule has 2 aliphatic rings. The number of aliphatic hydroxyl groups is 7. The summed E-state index contributed by atoms with van der Waals surface area (Å²) in [4.78, 5) is 23.8. The minimum Gasteiger partial charge on any atom is -0.477 e. The Kier molecular flexibility index (Phi) is 9.49. The van der Waals surface area contributed by atoms with Gasteiger partial charge in [0, 0.05) is 20.5 Å². The Morgan fingerprint density at radius 3 is 2.30 bits per heavy atom. The third-order valence-corrected chi connectivity index (χ3v) is 5.57. The number of amides is 1. The van der Waals surface area contributed by atoms with Crippen LogP contribution in [0.3, 0.4) is 0 Å². The lowest BCUT2D eigenvalue weighted by atomic mass is 9.88. The van der Waals surface area contributed by atoms with E-state index in [1.165, 1.54) is 0 Å². The Morgan fingerprint density at radius 1 is 1.18 bits per heavy atom. The summed E-state index contributed by atoms with van der Waals surface area (Å²) in [6.07, 6.45) is -16.3. The molecule has 2 fully saturated rings. The maximum Gasteiger partial charge on any atom is 0.364 e. The van der Waals surface area contributed by atoms with E-state index in [1.54, 1.807) is 0 Å². The molecule has 33 heavy (non-hydrogen) atoms. The number of nitrogens with one attached hydrogen (secondary N) is 1. The molecule has 0 aromatic rings. The molecule has 0 radical (unpaired) electrons. The predicted octanol–water partition coefficient (Wildman–Crippen LogP) is -5.39. The number of carbonyl (C=O) groups excluding carboxylic acids is 1. The van der Waals surface area contributed by atoms with E-state index in [1.807, 2.05) is 0 Å². The highest BCUT2D eigenvalue weighted by Gasteiger charge is 2.59. The first-order valence-electron chi connectivity index (χ1n) is 10.1. The first-order valence-corrected chi connectivity index (χ1v) is 10.1. The van der Waals surface area contributed by atoms with Crippen LogP contribution in [-0.4, -0.2) is 140 Å². The van der Waals surface area contributed by atoms with Crippen LogP contribution in [0, 0.1) is 0 Å². The number of aliphatic carboxylic acids is 1. The Hall–Kier alpha value is -1.50. The lowest BCUT2D eigenvalue weighted by molar-refractivity contribution is -0.368. The summed E-state index contributed by atoms with van der Waals surface area (Å²) >= 11 is 0. The van der Waals surface area contributed by atoms with E-state index in [4.69, 9.17) is 18.9 Å². The third kappa shape index (κ3) is 5.77. The van der Waals surface area contributed by atoms with Crippen molar-refractivity contribution in [3.05, 3.63) is 0 Å². The van der Waals surface area contributed by atoms with Crippen LogP contribution in [0.25, 0.3) is 0 Å². The number of rotatable bonds is 9. The minimum absolute atomic E-state index is 0.675. The highest BCUT2D eigenvalue weighted by molar-refractivity contribution is 5.76. The van der Waals surface area contributed by atoms with Crippen molar-refractivity contribution in [3.63, 3.8) is 0 Å². The lowest BCUT2D eigenvalue weighted by Gasteiger charge is -2.49. The highest BCUT2D eigenvalue weighted by Crippen LogP contribution is 2.37. The second-order valence-electron chi connectivity index (χ2n) is 7.90. The van der Waals surface area contributed by atoms with Gasteiger partial charge in [-0.15, -0.1) is 0 Å². The van der Waals surface area contributed by atoms with E-state index in [-0.39, 0.29) is 0 Å². The number of carboxylic acid groups (broad SMARTS) is 1. The summed E-state index contributed by atoms with van der Waals surface area (Å²) in [6.45, 7) is -0.620. The summed E-state index contributed by atoms with van der Waals surface area (Å²) in [5, 5.41) is 82.6. The Labute approximate surface area is 188 Å². The van der Waals surface area contributed by atoms with Crippen molar-refractivity contribution in [1.29, 1.82) is 0 Å². The molecule has 2 rings (SSSR count). The van der Waals surface area contributed by atoms with Crippen molar-refractivity contribution < 1.29 is 69.4 Å². The molecule has 0 saturated carbocycles. The second-order valence-corrected chi connectivity index (χ2v) is 7.90. The summed E-state index contributed by atoms with van der Waals surface area (Å²) in [6, 6.07) is -1.42. The fourth-order valence-electron chi connectivity index (χ4n) is 3.86. The topological polar surface area (TPSA) is 245 Å². The molecular formula is C18H31NO14. The van der Waals surface area contributed by atoms with Crippen LogP contribution in [-0.2, 0) is 28.5 Å². The van der Waals surface area contributed by atoms with E-state index in [9.17, 15) is 50.4 Å². The summed E-state index contributed by atoms with van der Waals surface area (Å²) in [7, 11) is 1.14. The van der Waals surface area contributed by atoms with Gasteiger partial charge in [-0.05, 0) is 0 Å². The van der Waals surface area contributed by atoms with Gasteiger partial charge in [0.25, 0.3) is 5.79 Å². The van der Waals surface area contributed by atoms with Crippen molar-refractivity contribution in [1.82, 2.24) is 5.32 Å². The van der Waals surface area contributed by atoms with Crippen molar-refractivity contribution in [2.75, 3.05) is 20.3 Å². The molecule has 192 valence electrons. The van der Waals surface area contributed by atoms with E-state index in [2.05, 4.69) is 5.32 Å². The van der Waals surface area contributed by atoms with Gasteiger partial charge in [0.05, 0.1) is 25.4 Å². The van der Waals surface area contributed by atoms with Gasteiger partial charge in [-0.25, -0.2) is 4.79 Å². The summed E-state index contributed by atoms with van der Waals surface area (Å²) < 4.78 is 21.0. The molecular weight excluding hydrogens is 454 g/mol. The molecule has 0 unspecified atom stereocenters. The maximum atomic E-state index is 12.2. The number of aliphatic hydroxyl groups excluding tert-OH is 7. The van der Waals surface area contributed by atoms with Gasteiger partial charge in [-0.3, -0.25) is 4.79 Å². The molecule has 0 aliphatic carbocycles. The smallest absolute Gasteiger partial charge is 0.364 e. The fourth-order valence-corrected chi connectivity index (χ4v) is 3.86. The third-order valence-electron chi connectivity index (χ3n) is 5.57. The number of hydrogen-bond acceptors (Lipinski definition) is 13. The minimum atomic E-state index is -2.81. The Morgan fingerprint density at radius 2 is 1.82 bits per heavy atom.